The van der Waals surface area contributed by atoms with Crippen LogP contribution in [0, 0.1) is 0 Å². The number of piperidine rings is 1. The van der Waals surface area contributed by atoms with Crippen molar-refractivity contribution >= 4 is 22.9 Å². The Bertz CT molecular complexity index is 1290. The molecule has 0 spiro atoms. The van der Waals surface area contributed by atoms with Gasteiger partial charge in [-0.1, -0.05) is 47.7 Å². The number of carbonyl (C=O) groups excluding carboxylic acids is 2. The molecule has 0 radical (unpaired) electrons. The van der Waals surface area contributed by atoms with Crippen LogP contribution in [0.5, 0.6) is 0 Å². The summed E-state index contributed by atoms with van der Waals surface area (Å²) in [5, 5.41) is 8.52. The number of benzene rings is 2. The molecule has 174 valence electrons. The van der Waals surface area contributed by atoms with Gasteiger partial charge in [0.05, 0.1) is 5.52 Å². The molecule has 1 atom stereocenters. The Kier molecular flexibility index (Phi) is 6.07. The van der Waals surface area contributed by atoms with Gasteiger partial charge in [0.25, 0.3) is 5.91 Å². The molecule has 1 saturated heterocycles. The van der Waals surface area contributed by atoms with E-state index in [4.69, 9.17) is 4.74 Å². The number of fused-ring (bicyclic) bond motifs is 1. The Labute approximate surface area is 197 Å². The number of para-hydroxylation sites is 1. The minimum atomic E-state index is -0.919. The van der Waals surface area contributed by atoms with Crippen LogP contribution in [0.3, 0.4) is 0 Å². The number of hydrogen-bond acceptors (Lipinski definition) is 6. The fraction of sp³-hybridized carbons (Fsp3) is 0.320. The number of nitrogens with zero attached hydrogens (tertiary/aromatic N) is 6. The van der Waals surface area contributed by atoms with Gasteiger partial charge in [-0.3, -0.25) is 9.59 Å². The Balaban J connectivity index is 1.27. The Hall–Kier alpha value is -4.01. The van der Waals surface area contributed by atoms with Gasteiger partial charge in [0, 0.05) is 43.9 Å². The van der Waals surface area contributed by atoms with Gasteiger partial charge < -0.3 is 14.2 Å². The molecule has 2 aromatic heterocycles. The van der Waals surface area contributed by atoms with Crippen molar-refractivity contribution in [3.05, 3.63) is 78.4 Å². The smallest absolute Gasteiger partial charge is 0.303 e. The summed E-state index contributed by atoms with van der Waals surface area (Å²) < 4.78 is 9.36. The molecular formula is C25H26N6O3. The van der Waals surface area contributed by atoms with Crippen molar-refractivity contribution in [2.75, 3.05) is 13.1 Å². The highest BCUT2D eigenvalue weighted by atomic mass is 16.5. The summed E-state index contributed by atoms with van der Waals surface area (Å²) in [4.78, 5) is 31.3. The molecule has 9 nitrogen and oxygen atoms in total. The predicted octanol–water partition coefficient (Wildman–Crippen LogP) is 3.14. The lowest BCUT2D eigenvalue weighted by molar-refractivity contribution is -0.159. The monoisotopic (exact) mass is 458 g/mol. The highest BCUT2D eigenvalue weighted by molar-refractivity contribution is 5.84. The third-order valence-corrected chi connectivity index (χ3v) is 6.24. The van der Waals surface area contributed by atoms with Crippen molar-refractivity contribution in [2.45, 2.75) is 38.5 Å². The third-order valence-electron chi connectivity index (χ3n) is 6.24. The Morgan fingerprint density at radius 1 is 1.06 bits per heavy atom. The summed E-state index contributed by atoms with van der Waals surface area (Å²) in [5.41, 5.74) is 2.51. The molecule has 1 fully saturated rings. The van der Waals surface area contributed by atoms with Crippen LogP contribution in [0.2, 0.25) is 0 Å². The number of aromatic nitrogens is 5. The van der Waals surface area contributed by atoms with Crippen LogP contribution in [0.1, 0.15) is 43.2 Å². The van der Waals surface area contributed by atoms with Crippen molar-refractivity contribution in [3.63, 3.8) is 0 Å². The standard InChI is InChI=1S/C25H26N6O3/c1-18(32)34-23(19-7-3-2-4-8-19)25(33)29-14-11-20(12-15-29)24-26-13-16-30(24)17-31-22-10-6-5-9-21(22)27-28-31/h2-10,13,16,20,23H,11-12,14-15,17H2,1H3. The summed E-state index contributed by atoms with van der Waals surface area (Å²) >= 11 is 0. The van der Waals surface area contributed by atoms with Crippen molar-refractivity contribution in [3.8, 4) is 0 Å². The number of rotatable bonds is 6. The fourth-order valence-corrected chi connectivity index (χ4v) is 4.55. The first kappa shape index (κ1) is 21.8. The summed E-state index contributed by atoms with van der Waals surface area (Å²) in [6.45, 7) is 3.01. The van der Waals surface area contributed by atoms with Crippen LogP contribution in [0.15, 0.2) is 67.0 Å². The summed E-state index contributed by atoms with van der Waals surface area (Å²) in [5.74, 6) is 0.543. The molecule has 1 unspecified atom stereocenters. The van der Waals surface area contributed by atoms with Gasteiger partial charge in [0.2, 0.25) is 6.10 Å². The maximum absolute atomic E-state index is 13.2. The van der Waals surface area contributed by atoms with E-state index in [1.54, 1.807) is 11.1 Å². The van der Waals surface area contributed by atoms with Gasteiger partial charge in [0.15, 0.2) is 0 Å². The number of likely N-dealkylation sites (tertiary alicyclic amines) is 1. The summed E-state index contributed by atoms with van der Waals surface area (Å²) in [6, 6.07) is 17.0. The Morgan fingerprint density at radius 3 is 2.56 bits per heavy atom. The first-order chi connectivity index (χ1) is 16.6. The fourth-order valence-electron chi connectivity index (χ4n) is 4.55. The SMILES string of the molecule is CC(=O)OC(C(=O)N1CCC(c2nccn2Cn2nnc3ccccc32)CC1)c1ccccc1. The van der Waals surface area contributed by atoms with Gasteiger partial charge in [-0.05, 0) is 25.0 Å². The molecule has 0 bridgehead atoms. The second-order valence-electron chi connectivity index (χ2n) is 8.47. The molecule has 0 aliphatic carbocycles. The minimum absolute atomic E-state index is 0.183. The molecule has 1 amide bonds. The minimum Gasteiger partial charge on any atom is -0.447 e. The maximum Gasteiger partial charge on any atom is 0.303 e. The van der Waals surface area contributed by atoms with Gasteiger partial charge in [-0.2, -0.15) is 0 Å². The molecule has 2 aromatic carbocycles. The van der Waals surface area contributed by atoms with Crippen molar-refractivity contribution in [2.24, 2.45) is 0 Å². The number of hydrogen-bond donors (Lipinski definition) is 0. The number of ether oxygens (including phenoxy) is 1. The molecule has 1 aliphatic heterocycles. The summed E-state index contributed by atoms with van der Waals surface area (Å²) in [6.07, 6.45) is 4.40. The van der Waals surface area contributed by atoms with Crippen molar-refractivity contribution in [1.82, 2.24) is 29.4 Å². The lowest BCUT2D eigenvalue weighted by atomic mass is 9.95. The van der Waals surface area contributed by atoms with E-state index < -0.39 is 12.1 Å². The molecule has 0 N–H and O–H groups in total. The average molecular weight is 459 g/mol. The lowest BCUT2D eigenvalue weighted by Gasteiger charge is -2.34. The van der Waals surface area contributed by atoms with E-state index >= 15 is 0 Å². The first-order valence-electron chi connectivity index (χ1n) is 11.4. The van der Waals surface area contributed by atoms with Gasteiger partial charge in [0.1, 0.15) is 18.0 Å². The number of carbonyl (C=O) groups is 2. The molecule has 0 saturated carbocycles. The normalized spacial score (nSPS) is 15.4. The zero-order valence-corrected chi connectivity index (χ0v) is 18.9. The van der Waals surface area contributed by atoms with Crippen LogP contribution < -0.4 is 0 Å². The van der Waals surface area contributed by atoms with E-state index in [1.165, 1.54) is 6.92 Å². The third kappa shape index (κ3) is 4.41. The molecule has 5 rings (SSSR count). The highest BCUT2D eigenvalue weighted by Crippen LogP contribution is 2.30. The first-order valence-corrected chi connectivity index (χ1v) is 11.4. The van der Waals surface area contributed by atoms with Crippen LogP contribution in [0.25, 0.3) is 11.0 Å². The maximum atomic E-state index is 13.2. The second-order valence-corrected chi connectivity index (χ2v) is 8.47. The van der Waals surface area contributed by atoms with E-state index in [-0.39, 0.29) is 11.8 Å². The second kappa shape index (κ2) is 9.46. The van der Waals surface area contributed by atoms with Gasteiger partial charge in [-0.25, -0.2) is 9.67 Å². The van der Waals surface area contributed by atoms with Gasteiger partial charge in [-0.15, -0.1) is 5.10 Å². The largest absolute Gasteiger partial charge is 0.447 e. The molecule has 4 aromatic rings. The lowest BCUT2D eigenvalue weighted by Crippen LogP contribution is -2.42. The van der Waals surface area contributed by atoms with Crippen molar-refractivity contribution in [1.29, 1.82) is 0 Å². The summed E-state index contributed by atoms with van der Waals surface area (Å²) in [7, 11) is 0. The molecule has 9 heteroatoms. The van der Waals surface area contributed by atoms with Gasteiger partial charge >= 0.3 is 5.97 Å². The van der Waals surface area contributed by atoms with Crippen LogP contribution in [-0.4, -0.2) is 54.4 Å². The number of amides is 1. The number of esters is 1. The highest BCUT2D eigenvalue weighted by Gasteiger charge is 2.32. The van der Waals surface area contributed by atoms with E-state index in [9.17, 15) is 9.59 Å². The molecule has 34 heavy (non-hydrogen) atoms. The zero-order chi connectivity index (χ0) is 23.5. The quantitative estimate of drug-likeness (QED) is 0.412. The van der Waals surface area contributed by atoms with E-state index in [0.29, 0.717) is 25.3 Å². The number of imidazole rings is 1. The molecule has 1 aliphatic rings. The van der Waals surface area contributed by atoms with E-state index in [0.717, 1.165) is 29.7 Å². The van der Waals surface area contributed by atoms with E-state index in [2.05, 4.69) is 19.9 Å². The molecule has 3 heterocycles. The van der Waals surface area contributed by atoms with Crippen LogP contribution in [-0.2, 0) is 21.0 Å². The van der Waals surface area contributed by atoms with Crippen molar-refractivity contribution < 1.29 is 14.3 Å². The Morgan fingerprint density at radius 2 is 1.79 bits per heavy atom. The van der Waals surface area contributed by atoms with E-state index in [1.807, 2.05) is 65.5 Å². The predicted molar refractivity (Wildman–Crippen MR) is 125 cm³/mol. The van der Waals surface area contributed by atoms with Crippen LogP contribution in [0.4, 0.5) is 0 Å². The van der Waals surface area contributed by atoms with Crippen LogP contribution >= 0.6 is 0 Å². The average Bonchev–Trinajstić information content (AvgIpc) is 3.50. The zero-order valence-electron chi connectivity index (χ0n) is 18.9. The topological polar surface area (TPSA) is 95.1 Å². The molecular weight excluding hydrogens is 432 g/mol.